The van der Waals surface area contributed by atoms with Crippen molar-refractivity contribution in [3.8, 4) is 0 Å². The van der Waals surface area contributed by atoms with Crippen LogP contribution < -0.4 is 5.32 Å². The van der Waals surface area contributed by atoms with Crippen molar-refractivity contribution in [1.29, 1.82) is 0 Å². The number of aromatic amines is 1. The topological polar surface area (TPSA) is 65.1 Å². The monoisotopic (exact) mass is 212 g/mol. The first-order valence-electron chi connectivity index (χ1n) is 3.83. The van der Waals surface area contributed by atoms with E-state index in [9.17, 15) is 4.79 Å². The van der Waals surface area contributed by atoms with Gasteiger partial charge >= 0.3 is 6.09 Å². The summed E-state index contributed by atoms with van der Waals surface area (Å²) in [6.45, 7) is 0. The Labute approximate surface area is 86.3 Å². The van der Waals surface area contributed by atoms with Crippen LogP contribution >= 0.6 is 12.4 Å². The van der Waals surface area contributed by atoms with Gasteiger partial charge < -0.3 is 10.1 Å². The van der Waals surface area contributed by atoms with Crippen molar-refractivity contribution in [1.82, 2.24) is 4.98 Å². The molecule has 0 unspecified atom stereocenters. The predicted molar refractivity (Wildman–Crippen MR) is 57.2 cm³/mol. The highest BCUT2D eigenvalue weighted by Crippen LogP contribution is 2.17. The van der Waals surface area contributed by atoms with Gasteiger partial charge in [0, 0.05) is 22.8 Å². The third-order valence-corrected chi connectivity index (χ3v) is 1.80. The Hall–Kier alpha value is -1.68. The fourth-order valence-electron chi connectivity index (χ4n) is 1.25. The number of aromatic nitrogens is 1. The molecular weight excluding hydrogens is 204 g/mol. The van der Waals surface area contributed by atoms with E-state index in [4.69, 9.17) is 5.11 Å². The van der Waals surface area contributed by atoms with Crippen LogP contribution in [0.3, 0.4) is 0 Å². The van der Waals surface area contributed by atoms with Gasteiger partial charge in [0.05, 0.1) is 0 Å². The smallest absolute Gasteiger partial charge is 0.409 e. The molecule has 3 N–H and O–H groups in total. The lowest BCUT2D eigenvalue weighted by Gasteiger charge is -1.99. The van der Waals surface area contributed by atoms with Gasteiger partial charge in [-0.2, -0.15) is 0 Å². The highest BCUT2D eigenvalue weighted by molar-refractivity contribution is 5.89. The van der Waals surface area contributed by atoms with Crippen LogP contribution in [-0.2, 0) is 0 Å². The van der Waals surface area contributed by atoms with Crippen LogP contribution in [-0.4, -0.2) is 16.2 Å². The van der Waals surface area contributed by atoms with E-state index < -0.39 is 6.09 Å². The van der Waals surface area contributed by atoms with Crippen LogP contribution in [0.1, 0.15) is 0 Å². The zero-order valence-corrected chi connectivity index (χ0v) is 7.97. The van der Waals surface area contributed by atoms with Gasteiger partial charge in [-0.25, -0.2) is 4.79 Å². The van der Waals surface area contributed by atoms with Gasteiger partial charge in [-0.1, -0.05) is 0 Å². The molecule has 0 bridgehead atoms. The number of carboxylic acid groups (broad SMARTS) is 1. The number of H-pyrrole nitrogens is 1. The molecule has 2 aromatic rings. The standard InChI is InChI=1S/C9H8N2O2.ClH/c12-9(13)11-7-1-2-8-6(5-7)3-4-10-8;/h1-5,10-11H,(H,12,13);1H. The number of halogens is 1. The molecule has 1 aromatic heterocycles. The van der Waals surface area contributed by atoms with Gasteiger partial charge in [-0.15, -0.1) is 12.4 Å². The van der Waals surface area contributed by atoms with E-state index in [-0.39, 0.29) is 12.4 Å². The molecule has 5 heteroatoms. The summed E-state index contributed by atoms with van der Waals surface area (Å²) < 4.78 is 0. The van der Waals surface area contributed by atoms with Crippen molar-refractivity contribution in [3.05, 3.63) is 30.5 Å². The van der Waals surface area contributed by atoms with Crippen LogP contribution in [0.5, 0.6) is 0 Å². The Bertz CT molecular complexity index is 453. The van der Waals surface area contributed by atoms with Crippen molar-refractivity contribution < 1.29 is 9.90 Å². The molecule has 1 amide bonds. The second-order valence-electron chi connectivity index (χ2n) is 2.71. The molecule has 0 aliphatic heterocycles. The maximum absolute atomic E-state index is 10.3. The number of rotatable bonds is 1. The van der Waals surface area contributed by atoms with Crippen LogP contribution in [0.15, 0.2) is 30.5 Å². The Morgan fingerprint density at radius 2 is 2.14 bits per heavy atom. The number of carbonyl (C=O) groups is 1. The fraction of sp³-hybridized carbons (Fsp3) is 0. The highest BCUT2D eigenvalue weighted by Gasteiger charge is 1.99. The summed E-state index contributed by atoms with van der Waals surface area (Å²) in [6, 6.07) is 7.22. The summed E-state index contributed by atoms with van der Waals surface area (Å²) in [6.07, 6.45) is 0.768. The minimum absolute atomic E-state index is 0. The SMILES string of the molecule is Cl.O=C(O)Nc1ccc2[nH]ccc2c1. The van der Waals surface area contributed by atoms with Crippen LogP contribution in [0.2, 0.25) is 0 Å². The Balaban J connectivity index is 0.000000980. The van der Waals surface area contributed by atoms with Gasteiger partial charge in [-0.05, 0) is 24.3 Å². The van der Waals surface area contributed by atoms with Crippen molar-refractivity contribution in [2.75, 3.05) is 5.32 Å². The van der Waals surface area contributed by atoms with Gasteiger partial charge in [0.2, 0.25) is 0 Å². The zero-order valence-electron chi connectivity index (χ0n) is 7.15. The lowest BCUT2D eigenvalue weighted by Crippen LogP contribution is -2.06. The van der Waals surface area contributed by atoms with E-state index in [1.807, 2.05) is 18.3 Å². The maximum Gasteiger partial charge on any atom is 0.409 e. The van der Waals surface area contributed by atoms with Gasteiger partial charge in [0.15, 0.2) is 0 Å². The van der Waals surface area contributed by atoms with Crippen LogP contribution in [0.25, 0.3) is 10.9 Å². The quantitative estimate of drug-likeness (QED) is 0.681. The van der Waals surface area contributed by atoms with Crippen LogP contribution in [0.4, 0.5) is 10.5 Å². The number of nitrogens with one attached hydrogen (secondary N) is 2. The molecule has 0 aliphatic carbocycles. The first kappa shape index (κ1) is 10.4. The van der Waals surface area contributed by atoms with E-state index in [0.717, 1.165) is 10.9 Å². The van der Waals surface area contributed by atoms with Gasteiger partial charge in [0.1, 0.15) is 0 Å². The lowest BCUT2D eigenvalue weighted by atomic mass is 10.2. The Morgan fingerprint density at radius 1 is 1.36 bits per heavy atom. The highest BCUT2D eigenvalue weighted by atomic mass is 35.5. The Kier molecular flexibility index (Phi) is 2.99. The third-order valence-electron chi connectivity index (χ3n) is 1.80. The van der Waals surface area contributed by atoms with Crippen molar-refractivity contribution in [2.24, 2.45) is 0 Å². The van der Waals surface area contributed by atoms with E-state index in [2.05, 4.69) is 10.3 Å². The molecule has 4 nitrogen and oxygen atoms in total. The molecule has 2 rings (SSSR count). The van der Waals surface area contributed by atoms with Gasteiger partial charge in [-0.3, -0.25) is 5.32 Å². The summed E-state index contributed by atoms with van der Waals surface area (Å²) in [5, 5.41) is 11.8. The van der Waals surface area contributed by atoms with Crippen molar-refractivity contribution in [2.45, 2.75) is 0 Å². The normalized spacial score (nSPS) is 9.43. The molecule has 74 valence electrons. The number of hydrogen-bond acceptors (Lipinski definition) is 1. The first-order chi connectivity index (χ1) is 6.25. The molecule has 1 aromatic carbocycles. The zero-order chi connectivity index (χ0) is 9.26. The van der Waals surface area contributed by atoms with E-state index >= 15 is 0 Å². The maximum atomic E-state index is 10.3. The molecule has 0 atom stereocenters. The minimum Gasteiger partial charge on any atom is -0.465 e. The van der Waals surface area contributed by atoms with E-state index in [1.54, 1.807) is 12.1 Å². The minimum atomic E-state index is -1.05. The molecule has 0 fully saturated rings. The molecule has 1 heterocycles. The molecule has 14 heavy (non-hydrogen) atoms. The molecule has 0 saturated heterocycles. The lowest BCUT2D eigenvalue weighted by molar-refractivity contribution is 0.210. The largest absolute Gasteiger partial charge is 0.465 e. The van der Waals surface area contributed by atoms with E-state index in [1.165, 1.54) is 0 Å². The number of fused-ring (bicyclic) bond motifs is 1. The summed E-state index contributed by atoms with van der Waals surface area (Å²) in [4.78, 5) is 13.3. The van der Waals surface area contributed by atoms with E-state index in [0.29, 0.717) is 5.69 Å². The van der Waals surface area contributed by atoms with Crippen LogP contribution in [0, 0.1) is 0 Å². The molecule has 0 saturated carbocycles. The number of hydrogen-bond donors (Lipinski definition) is 3. The summed E-state index contributed by atoms with van der Waals surface area (Å²) in [5.74, 6) is 0. The average Bonchev–Trinajstić information content (AvgIpc) is 2.49. The summed E-state index contributed by atoms with van der Waals surface area (Å²) in [5.41, 5.74) is 1.58. The Morgan fingerprint density at radius 3 is 2.86 bits per heavy atom. The molecular formula is C9H9ClN2O2. The molecule has 0 spiro atoms. The second kappa shape index (κ2) is 4.02. The van der Waals surface area contributed by atoms with Crippen molar-refractivity contribution in [3.63, 3.8) is 0 Å². The molecule has 0 aliphatic rings. The predicted octanol–water partition coefficient (Wildman–Crippen LogP) is 2.68. The first-order valence-corrected chi connectivity index (χ1v) is 3.83. The van der Waals surface area contributed by atoms with Crippen molar-refractivity contribution >= 4 is 35.1 Å². The summed E-state index contributed by atoms with van der Waals surface area (Å²) in [7, 11) is 0. The second-order valence-corrected chi connectivity index (χ2v) is 2.71. The number of amides is 1. The fourth-order valence-corrected chi connectivity index (χ4v) is 1.25. The molecule has 0 radical (unpaired) electrons. The summed E-state index contributed by atoms with van der Waals surface area (Å²) >= 11 is 0. The third kappa shape index (κ3) is 1.97. The number of benzene rings is 1. The number of anilines is 1. The van der Waals surface area contributed by atoms with Gasteiger partial charge in [0.25, 0.3) is 0 Å². The average molecular weight is 213 g/mol.